The Labute approximate surface area is 179 Å². The molecule has 0 bridgehead atoms. The van der Waals surface area contributed by atoms with E-state index in [4.69, 9.17) is 31.2 Å². The number of thioether (sulfide) groups is 1. The highest BCUT2D eigenvalue weighted by atomic mass is 32.2. The van der Waals surface area contributed by atoms with Crippen LogP contribution in [0.3, 0.4) is 0 Å². The summed E-state index contributed by atoms with van der Waals surface area (Å²) in [6, 6.07) is 13.0. The Bertz CT molecular complexity index is 912. The maximum Gasteiger partial charge on any atom is 0.263 e. The van der Waals surface area contributed by atoms with Crippen LogP contribution >= 0.6 is 24.0 Å². The molecule has 1 aliphatic rings. The first-order valence-corrected chi connectivity index (χ1v) is 10.1. The molecular formula is C21H21NO5S2. The highest BCUT2D eigenvalue weighted by molar-refractivity contribution is 8.26. The van der Waals surface area contributed by atoms with Crippen LogP contribution in [0.4, 0.5) is 0 Å². The standard InChI is InChI=1S/C21H21NO5S2/c1-24-15-5-7-16(8-6-15)26-10-3-11-27-17-9-4-14(12-18(17)25-2)13-19-20(23)22-21(28)29-19/h4-9,12-13H,3,10-11H2,1-2H3,(H,22,23,28). The van der Waals surface area contributed by atoms with Crippen molar-refractivity contribution in [3.63, 3.8) is 0 Å². The molecule has 0 spiro atoms. The number of benzene rings is 2. The number of thiocarbonyl (C=S) groups is 1. The third-order valence-corrected chi connectivity index (χ3v) is 5.16. The number of nitrogens with one attached hydrogen (secondary N) is 1. The van der Waals surface area contributed by atoms with Crippen molar-refractivity contribution in [1.82, 2.24) is 5.32 Å². The molecule has 1 aliphatic heterocycles. The van der Waals surface area contributed by atoms with Gasteiger partial charge in [-0.25, -0.2) is 0 Å². The zero-order valence-corrected chi connectivity index (χ0v) is 17.7. The quantitative estimate of drug-likeness (QED) is 0.365. The molecule has 0 atom stereocenters. The molecule has 0 aliphatic carbocycles. The highest BCUT2D eigenvalue weighted by Crippen LogP contribution is 2.31. The lowest BCUT2D eigenvalue weighted by atomic mass is 10.2. The van der Waals surface area contributed by atoms with Crippen LogP contribution in [0.1, 0.15) is 12.0 Å². The fraction of sp³-hybridized carbons (Fsp3) is 0.238. The Morgan fingerprint density at radius 2 is 1.69 bits per heavy atom. The Hall–Kier alpha value is -2.71. The molecule has 6 nitrogen and oxygen atoms in total. The van der Waals surface area contributed by atoms with Gasteiger partial charge in [-0.05, 0) is 48.0 Å². The van der Waals surface area contributed by atoms with Crippen LogP contribution in [-0.2, 0) is 4.79 Å². The second-order valence-electron chi connectivity index (χ2n) is 5.99. The zero-order valence-electron chi connectivity index (χ0n) is 16.1. The summed E-state index contributed by atoms with van der Waals surface area (Å²) in [6.07, 6.45) is 2.49. The van der Waals surface area contributed by atoms with Crippen molar-refractivity contribution in [3.05, 3.63) is 52.9 Å². The van der Waals surface area contributed by atoms with Crippen molar-refractivity contribution < 1.29 is 23.7 Å². The molecule has 0 unspecified atom stereocenters. The lowest BCUT2D eigenvalue weighted by molar-refractivity contribution is -0.115. The Kier molecular flexibility index (Phi) is 7.37. The third kappa shape index (κ3) is 5.88. The summed E-state index contributed by atoms with van der Waals surface area (Å²) in [4.78, 5) is 12.3. The molecule has 1 amide bonds. The average Bonchev–Trinajstić information content (AvgIpc) is 3.05. The molecule has 2 aromatic rings. The van der Waals surface area contributed by atoms with E-state index < -0.39 is 0 Å². The topological polar surface area (TPSA) is 66.0 Å². The Balaban J connectivity index is 1.51. The van der Waals surface area contributed by atoms with E-state index in [0.717, 1.165) is 23.5 Å². The summed E-state index contributed by atoms with van der Waals surface area (Å²) in [6.45, 7) is 1.02. The molecule has 2 aromatic carbocycles. The van der Waals surface area contributed by atoms with E-state index in [1.165, 1.54) is 11.8 Å². The molecule has 3 rings (SSSR count). The molecule has 152 valence electrons. The molecule has 0 aromatic heterocycles. The molecule has 0 radical (unpaired) electrons. The summed E-state index contributed by atoms with van der Waals surface area (Å²) < 4.78 is 22.5. The van der Waals surface area contributed by atoms with Crippen molar-refractivity contribution in [2.75, 3.05) is 27.4 Å². The van der Waals surface area contributed by atoms with Gasteiger partial charge in [0.2, 0.25) is 0 Å². The predicted molar refractivity (Wildman–Crippen MR) is 118 cm³/mol. The lowest BCUT2D eigenvalue weighted by Crippen LogP contribution is -2.17. The normalized spacial score (nSPS) is 14.6. The molecular weight excluding hydrogens is 410 g/mol. The molecule has 1 N–H and O–H groups in total. The van der Waals surface area contributed by atoms with Gasteiger partial charge in [-0.2, -0.15) is 0 Å². The first-order chi connectivity index (χ1) is 14.1. The number of methoxy groups -OCH3 is 2. The smallest absolute Gasteiger partial charge is 0.263 e. The van der Waals surface area contributed by atoms with Crippen molar-refractivity contribution in [1.29, 1.82) is 0 Å². The summed E-state index contributed by atoms with van der Waals surface area (Å²) in [5.41, 5.74) is 0.833. The van der Waals surface area contributed by atoms with Gasteiger partial charge in [-0.3, -0.25) is 4.79 Å². The van der Waals surface area contributed by atoms with E-state index in [0.29, 0.717) is 33.9 Å². The SMILES string of the molecule is COc1ccc(OCCCOc2ccc(C=C3SC(=S)NC3=O)cc2OC)cc1. The van der Waals surface area contributed by atoms with Crippen LogP contribution in [0.5, 0.6) is 23.0 Å². The van der Waals surface area contributed by atoms with Crippen molar-refractivity contribution in [2.24, 2.45) is 0 Å². The maximum absolute atomic E-state index is 11.8. The van der Waals surface area contributed by atoms with Gasteiger partial charge in [0, 0.05) is 6.42 Å². The largest absolute Gasteiger partial charge is 0.497 e. The summed E-state index contributed by atoms with van der Waals surface area (Å²) in [5.74, 6) is 2.63. The number of amides is 1. The first-order valence-electron chi connectivity index (χ1n) is 8.91. The zero-order chi connectivity index (χ0) is 20.6. The molecule has 1 saturated heterocycles. The van der Waals surface area contributed by atoms with Gasteiger partial charge in [0.05, 0.1) is 32.3 Å². The van der Waals surface area contributed by atoms with E-state index >= 15 is 0 Å². The molecule has 0 saturated carbocycles. The summed E-state index contributed by atoms with van der Waals surface area (Å²) in [7, 11) is 3.21. The second-order valence-corrected chi connectivity index (χ2v) is 7.71. The molecule has 1 heterocycles. The Morgan fingerprint density at radius 1 is 0.966 bits per heavy atom. The number of hydrogen-bond acceptors (Lipinski definition) is 7. The van der Waals surface area contributed by atoms with Gasteiger partial charge >= 0.3 is 0 Å². The van der Waals surface area contributed by atoms with Gasteiger partial charge in [-0.1, -0.05) is 30.0 Å². The number of carbonyl (C=O) groups is 1. The number of rotatable bonds is 9. The first kappa shape index (κ1) is 21.0. The third-order valence-electron chi connectivity index (χ3n) is 4.00. The van der Waals surface area contributed by atoms with Gasteiger partial charge in [-0.15, -0.1) is 0 Å². The van der Waals surface area contributed by atoms with E-state index in [1.807, 2.05) is 42.5 Å². The van der Waals surface area contributed by atoms with Gasteiger partial charge in [0.1, 0.15) is 15.8 Å². The number of hydrogen-bond donors (Lipinski definition) is 1. The summed E-state index contributed by atoms with van der Waals surface area (Å²) >= 11 is 6.24. The van der Waals surface area contributed by atoms with E-state index in [-0.39, 0.29) is 5.91 Å². The van der Waals surface area contributed by atoms with Gasteiger partial charge < -0.3 is 24.3 Å². The van der Waals surface area contributed by atoms with Gasteiger partial charge in [0.25, 0.3) is 5.91 Å². The maximum atomic E-state index is 11.8. The number of carbonyl (C=O) groups excluding carboxylic acids is 1. The average molecular weight is 432 g/mol. The van der Waals surface area contributed by atoms with Crippen LogP contribution in [0.25, 0.3) is 6.08 Å². The fourth-order valence-electron chi connectivity index (χ4n) is 2.57. The van der Waals surface area contributed by atoms with Crippen LogP contribution < -0.4 is 24.3 Å². The molecule has 1 fully saturated rings. The van der Waals surface area contributed by atoms with E-state index in [2.05, 4.69) is 5.32 Å². The predicted octanol–water partition coefficient (Wildman–Crippen LogP) is 4.04. The van der Waals surface area contributed by atoms with Crippen LogP contribution in [0.2, 0.25) is 0 Å². The summed E-state index contributed by atoms with van der Waals surface area (Å²) in [5, 5.41) is 2.60. The highest BCUT2D eigenvalue weighted by Gasteiger charge is 2.22. The second kappa shape index (κ2) is 10.2. The minimum atomic E-state index is -0.184. The molecule has 8 heteroatoms. The minimum Gasteiger partial charge on any atom is -0.497 e. The van der Waals surface area contributed by atoms with Crippen LogP contribution in [-0.4, -0.2) is 37.7 Å². The van der Waals surface area contributed by atoms with Crippen molar-refractivity contribution >= 4 is 40.3 Å². The monoisotopic (exact) mass is 431 g/mol. The number of ether oxygens (including phenoxy) is 4. The molecule has 29 heavy (non-hydrogen) atoms. The lowest BCUT2D eigenvalue weighted by Gasteiger charge is -2.12. The van der Waals surface area contributed by atoms with E-state index in [1.54, 1.807) is 20.3 Å². The minimum absolute atomic E-state index is 0.184. The Morgan fingerprint density at radius 3 is 2.34 bits per heavy atom. The fourth-order valence-corrected chi connectivity index (χ4v) is 3.61. The van der Waals surface area contributed by atoms with Gasteiger partial charge in [0.15, 0.2) is 11.5 Å². The van der Waals surface area contributed by atoms with Crippen LogP contribution in [0, 0.1) is 0 Å². The van der Waals surface area contributed by atoms with Crippen LogP contribution in [0.15, 0.2) is 47.4 Å². The van der Waals surface area contributed by atoms with Crippen molar-refractivity contribution in [2.45, 2.75) is 6.42 Å². The van der Waals surface area contributed by atoms with Crippen molar-refractivity contribution in [3.8, 4) is 23.0 Å². The van der Waals surface area contributed by atoms with E-state index in [9.17, 15) is 4.79 Å².